The van der Waals surface area contributed by atoms with Gasteiger partial charge >= 0.3 is 11.9 Å². The molecule has 0 atom stereocenters. The van der Waals surface area contributed by atoms with Crippen molar-refractivity contribution in [3.05, 3.63) is 27.1 Å². The molecule has 1 amide bonds. The first kappa shape index (κ1) is 19.4. The third-order valence-corrected chi connectivity index (χ3v) is 5.64. The minimum absolute atomic E-state index is 0.256. The van der Waals surface area contributed by atoms with E-state index in [1.54, 1.807) is 6.92 Å². The lowest BCUT2D eigenvalue weighted by Crippen LogP contribution is -2.22. The van der Waals surface area contributed by atoms with Crippen molar-refractivity contribution < 1.29 is 23.9 Å². The van der Waals surface area contributed by atoms with Crippen LogP contribution in [0.3, 0.4) is 0 Å². The maximum Gasteiger partial charge on any atom is 0.352 e. The molecule has 1 aliphatic rings. The fourth-order valence-corrected chi connectivity index (χ4v) is 4.22. The molecule has 1 fully saturated rings. The van der Waals surface area contributed by atoms with Gasteiger partial charge in [0.2, 0.25) is 0 Å². The predicted molar refractivity (Wildman–Crippen MR) is 100 cm³/mol. The van der Waals surface area contributed by atoms with Gasteiger partial charge in [-0.2, -0.15) is 0 Å². The van der Waals surface area contributed by atoms with E-state index >= 15 is 0 Å². The van der Waals surface area contributed by atoms with E-state index in [9.17, 15) is 14.4 Å². The molecule has 1 aliphatic carbocycles. The smallest absolute Gasteiger partial charge is 0.352 e. The molecule has 2 aromatic heterocycles. The lowest BCUT2D eigenvalue weighted by Gasteiger charge is -2.08. The standard InChI is InChI=1S/C17H19N3O5S2/c1-3-11-14(27-20-19-11)17(23)25-7-12(21)18-15-13(16(22)24-4-2)10(8-26-15)9-5-6-9/h8-9H,3-7H2,1-2H3,(H,18,21). The average molecular weight is 409 g/mol. The third-order valence-electron chi connectivity index (χ3n) is 3.98. The Labute approximate surface area is 164 Å². The third kappa shape index (κ3) is 4.51. The summed E-state index contributed by atoms with van der Waals surface area (Å²) in [6.07, 6.45) is 2.60. The van der Waals surface area contributed by atoms with E-state index in [0.29, 0.717) is 33.5 Å². The molecule has 2 heterocycles. The minimum atomic E-state index is -0.632. The van der Waals surface area contributed by atoms with Gasteiger partial charge in [-0.3, -0.25) is 4.79 Å². The van der Waals surface area contributed by atoms with E-state index < -0.39 is 24.5 Å². The molecular formula is C17H19N3O5S2. The summed E-state index contributed by atoms with van der Waals surface area (Å²) in [5.74, 6) is -1.26. The van der Waals surface area contributed by atoms with Crippen LogP contribution in [-0.4, -0.2) is 40.6 Å². The monoisotopic (exact) mass is 409 g/mol. The molecule has 0 radical (unpaired) electrons. The number of amides is 1. The zero-order valence-electron chi connectivity index (χ0n) is 14.9. The number of nitrogens with zero attached hydrogens (tertiary/aromatic N) is 2. The van der Waals surface area contributed by atoms with Crippen LogP contribution in [0.4, 0.5) is 5.00 Å². The fourth-order valence-electron chi connectivity index (χ4n) is 2.53. The summed E-state index contributed by atoms with van der Waals surface area (Å²) < 4.78 is 13.9. The van der Waals surface area contributed by atoms with Crippen molar-refractivity contribution >= 4 is 45.7 Å². The van der Waals surface area contributed by atoms with Gasteiger partial charge < -0.3 is 14.8 Å². The second-order valence-corrected chi connectivity index (χ2v) is 7.55. The highest BCUT2D eigenvalue weighted by Gasteiger charge is 2.32. The maximum absolute atomic E-state index is 12.3. The highest BCUT2D eigenvalue weighted by molar-refractivity contribution is 7.15. The van der Waals surface area contributed by atoms with Crippen molar-refractivity contribution in [3.8, 4) is 0 Å². The first-order valence-corrected chi connectivity index (χ1v) is 10.3. The van der Waals surface area contributed by atoms with E-state index in [1.807, 2.05) is 12.3 Å². The summed E-state index contributed by atoms with van der Waals surface area (Å²) >= 11 is 2.21. The lowest BCUT2D eigenvalue weighted by molar-refractivity contribution is -0.119. The van der Waals surface area contributed by atoms with E-state index in [2.05, 4.69) is 14.9 Å². The molecular weight excluding hydrogens is 390 g/mol. The van der Waals surface area contributed by atoms with Gasteiger partial charge in [0.05, 0.1) is 17.9 Å². The Kier molecular flexibility index (Phi) is 6.17. The number of carbonyl (C=O) groups excluding carboxylic acids is 3. The Morgan fingerprint density at radius 1 is 1.22 bits per heavy atom. The number of thiophene rings is 1. The van der Waals surface area contributed by atoms with Crippen LogP contribution in [0.15, 0.2) is 5.38 Å². The van der Waals surface area contributed by atoms with Gasteiger partial charge in [0.1, 0.15) is 5.00 Å². The minimum Gasteiger partial charge on any atom is -0.462 e. The number of aromatic nitrogens is 2. The summed E-state index contributed by atoms with van der Waals surface area (Å²) in [6, 6.07) is 0. The predicted octanol–water partition coefficient (Wildman–Crippen LogP) is 3.01. The summed E-state index contributed by atoms with van der Waals surface area (Å²) in [5.41, 5.74) is 1.86. The molecule has 1 N–H and O–H groups in total. The van der Waals surface area contributed by atoms with Gasteiger partial charge in [-0.25, -0.2) is 9.59 Å². The largest absolute Gasteiger partial charge is 0.462 e. The fraction of sp³-hybridized carbons (Fsp3) is 0.471. The van der Waals surface area contributed by atoms with Crippen molar-refractivity contribution in [3.63, 3.8) is 0 Å². The molecule has 27 heavy (non-hydrogen) atoms. The first-order chi connectivity index (χ1) is 13.0. The molecule has 10 heteroatoms. The van der Waals surface area contributed by atoms with E-state index in [0.717, 1.165) is 29.9 Å². The maximum atomic E-state index is 12.3. The van der Waals surface area contributed by atoms with E-state index in [1.165, 1.54) is 11.3 Å². The number of hydrogen-bond acceptors (Lipinski definition) is 9. The molecule has 3 rings (SSSR count). The van der Waals surface area contributed by atoms with Gasteiger partial charge in [-0.15, -0.1) is 16.4 Å². The van der Waals surface area contributed by atoms with Crippen LogP contribution >= 0.6 is 22.9 Å². The van der Waals surface area contributed by atoms with Crippen LogP contribution in [0.5, 0.6) is 0 Å². The summed E-state index contributed by atoms with van der Waals surface area (Å²) in [4.78, 5) is 36.9. The van der Waals surface area contributed by atoms with Crippen molar-refractivity contribution in [1.29, 1.82) is 0 Å². The molecule has 8 nitrogen and oxygen atoms in total. The van der Waals surface area contributed by atoms with Crippen LogP contribution in [0, 0.1) is 0 Å². The summed E-state index contributed by atoms with van der Waals surface area (Å²) in [7, 11) is 0. The van der Waals surface area contributed by atoms with Crippen LogP contribution in [0.25, 0.3) is 0 Å². The number of aryl methyl sites for hydroxylation is 1. The normalized spacial score (nSPS) is 13.3. The molecule has 0 aromatic carbocycles. The molecule has 0 spiro atoms. The number of anilines is 1. The summed E-state index contributed by atoms with van der Waals surface area (Å²) in [5, 5.41) is 8.80. The quantitative estimate of drug-likeness (QED) is 0.668. The van der Waals surface area contributed by atoms with Gasteiger partial charge in [0.25, 0.3) is 5.91 Å². The van der Waals surface area contributed by atoms with Crippen LogP contribution in [0.2, 0.25) is 0 Å². The van der Waals surface area contributed by atoms with Crippen molar-refractivity contribution in [2.24, 2.45) is 0 Å². The topological polar surface area (TPSA) is 107 Å². The number of esters is 2. The van der Waals surface area contributed by atoms with Crippen LogP contribution < -0.4 is 5.32 Å². The van der Waals surface area contributed by atoms with E-state index in [-0.39, 0.29) is 6.61 Å². The van der Waals surface area contributed by atoms with E-state index in [4.69, 9.17) is 9.47 Å². The Morgan fingerprint density at radius 3 is 2.67 bits per heavy atom. The molecule has 1 saturated carbocycles. The van der Waals surface area contributed by atoms with Gasteiger partial charge in [-0.1, -0.05) is 11.4 Å². The molecule has 0 bridgehead atoms. The van der Waals surface area contributed by atoms with Crippen LogP contribution in [0.1, 0.15) is 63.9 Å². The van der Waals surface area contributed by atoms with Crippen LogP contribution in [-0.2, 0) is 20.7 Å². The zero-order valence-corrected chi connectivity index (χ0v) is 16.6. The van der Waals surface area contributed by atoms with Crippen molar-refractivity contribution in [2.45, 2.75) is 39.0 Å². The Hall–Kier alpha value is -2.33. The highest BCUT2D eigenvalue weighted by atomic mass is 32.1. The average Bonchev–Trinajstić information content (AvgIpc) is 3.23. The van der Waals surface area contributed by atoms with Gasteiger partial charge in [-0.05, 0) is 54.6 Å². The zero-order chi connectivity index (χ0) is 19.4. The van der Waals surface area contributed by atoms with Gasteiger partial charge in [0, 0.05) is 0 Å². The second kappa shape index (κ2) is 8.57. The number of carbonyl (C=O) groups is 3. The number of hydrogen-bond donors (Lipinski definition) is 1. The number of ether oxygens (including phenoxy) is 2. The molecule has 0 saturated heterocycles. The molecule has 0 unspecified atom stereocenters. The Bertz CT molecular complexity index is 857. The highest BCUT2D eigenvalue weighted by Crippen LogP contribution is 2.46. The van der Waals surface area contributed by atoms with Crippen molar-refractivity contribution in [1.82, 2.24) is 9.59 Å². The number of rotatable bonds is 8. The lowest BCUT2D eigenvalue weighted by atomic mass is 10.1. The second-order valence-electron chi connectivity index (χ2n) is 5.92. The SMILES string of the molecule is CCOC(=O)c1c(C2CC2)csc1NC(=O)COC(=O)c1snnc1CC. The molecule has 2 aromatic rings. The molecule has 0 aliphatic heterocycles. The molecule has 144 valence electrons. The summed E-state index contributed by atoms with van der Waals surface area (Å²) in [6.45, 7) is 3.38. The number of nitrogens with one attached hydrogen (secondary N) is 1. The van der Waals surface area contributed by atoms with Gasteiger partial charge in [0.15, 0.2) is 11.5 Å². The van der Waals surface area contributed by atoms with Crippen molar-refractivity contribution in [2.75, 3.05) is 18.5 Å². The Morgan fingerprint density at radius 2 is 2.00 bits per heavy atom. The first-order valence-electron chi connectivity index (χ1n) is 8.61. The Balaban J connectivity index is 1.64.